The first-order chi connectivity index (χ1) is 9.85. The van der Waals surface area contributed by atoms with Crippen molar-refractivity contribution in [1.82, 2.24) is 15.1 Å². The van der Waals surface area contributed by atoms with E-state index in [-0.39, 0.29) is 11.1 Å². The molecule has 1 aromatic rings. The third kappa shape index (κ3) is 4.84. The third-order valence-corrected chi connectivity index (χ3v) is 3.79. The van der Waals surface area contributed by atoms with Crippen LogP contribution in [0.25, 0.3) is 0 Å². The van der Waals surface area contributed by atoms with Crippen LogP contribution in [0, 0.1) is 5.92 Å². The minimum Gasteiger partial charge on any atom is -0.370 e. The number of hydrogen-bond donors (Lipinski definition) is 1. The minimum atomic E-state index is 0.00186. The Hall–Kier alpha value is -1.36. The fourth-order valence-corrected chi connectivity index (χ4v) is 2.55. The molecule has 0 aromatic carbocycles. The highest BCUT2D eigenvalue weighted by Crippen LogP contribution is 2.16. The molecule has 0 spiro atoms. The van der Waals surface area contributed by atoms with Gasteiger partial charge in [0.1, 0.15) is 0 Å². The van der Waals surface area contributed by atoms with Crippen molar-refractivity contribution in [2.24, 2.45) is 5.92 Å². The molecule has 1 fully saturated rings. The molecule has 0 radical (unpaired) electrons. The molecule has 5 nitrogen and oxygen atoms in total. The normalized spacial score (nSPS) is 17.2. The number of anilines is 1. The van der Waals surface area contributed by atoms with Crippen molar-refractivity contribution in [2.75, 3.05) is 24.5 Å². The SMILES string of the molecule is CC(CNC(C)(C)C)Cn1ncc(N2CCCC2)cc1=O. The second kappa shape index (κ2) is 6.60. The second-order valence-electron chi connectivity index (χ2n) is 7.16. The topological polar surface area (TPSA) is 50.2 Å². The Labute approximate surface area is 127 Å². The molecule has 0 saturated carbocycles. The van der Waals surface area contributed by atoms with Crippen molar-refractivity contribution in [3.63, 3.8) is 0 Å². The van der Waals surface area contributed by atoms with E-state index in [1.807, 2.05) is 6.20 Å². The Morgan fingerprint density at radius 2 is 2.00 bits per heavy atom. The van der Waals surface area contributed by atoms with E-state index in [4.69, 9.17) is 0 Å². The van der Waals surface area contributed by atoms with Gasteiger partial charge < -0.3 is 10.2 Å². The van der Waals surface area contributed by atoms with Crippen LogP contribution in [-0.2, 0) is 6.54 Å². The fraction of sp³-hybridized carbons (Fsp3) is 0.750. The van der Waals surface area contributed by atoms with Crippen LogP contribution in [0.4, 0.5) is 5.69 Å². The lowest BCUT2D eigenvalue weighted by molar-refractivity contribution is 0.347. The van der Waals surface area contributed by atoms with Crippen LogP contribution in [0.15, 0.2) is 17.1 Å². The van der Waals surface area contributed by atoms with Gasteiger partial charge in [0.15, 0.2) is 0 Å². The van der Waals surface area contributed by atoms with E-state index >= 15 is 0 Å². The molecule has 5 heteroatoms. The molecule has 1 N–H and O–H groups in total. The van der Waals surface area contributed by atoms with E-state index in [9.17, 15) is 4.79 Å². The van der Waals surface area contributed by atoms with Crippen molar-refractivity contribution in [3.05, 3.63) is 22.6 Å². The highest BCUT2D eigenvalue weighted by Gasteiger charge is 2.15. The number of nitrogens with one attached hydrogen (secondary N) is 1. The van der Waals surface area contributed by atoms with E-state index in [1.165, 1.54) is 12.8 Å². The molecular weight excluding hydrogens is 264 g/mol. The summed E-state index contributed by atoms with van der Waals surface area (Å²) in [6, 6.07) is 1.72. The van der Waals surface area contributed by atoms with Crippen molar-refractivity contribution in [3.8, 4) is 0 Å². The maximum absolute atomic E-state index is 12.2. The first-order valence-corrected chi connectivity index (χ1v) is 7.92. The van der Waals surface area contributed by atoms with Crippen LogP contribution >= 0.6 is 0 Å². The fourth-order valence-electron chi connectivity index (χ4n) is 2.55. The maximum atomic E-state index is 12.2. The number of nitrogens with zero attached hydrogens (tertiary/aromatic N) is 3. The zero-order valence-corrected chi connectivity index (χ0v) is 13.7. The summed E-state index contributed by atoms with van der Waals surface area (Å²) < 4.78 is 1.58. The van der Waals surface area contributed by atoms with Gasteiger partial charge >= 0.3 is 0 Å². The summed E-state index contributed by atoms with van der Waals surface area (Å²) >= 11 is 0. The lowest BCUT2D eigenvalue weighted by atomic mass is 10.1. The minimum absolute atomic E-state index is 0.00186. The first kappa shape index (κ1) is 16.0. The van der Waals surface area contributed by atoms with Gasteiger partial charge in [-0.25, -0.2) is 4.68 Å². The van der Waals surface area contributed by atoms with Gasteiger partial charge in [-0.05, 0) is 46.1 Å². The van der Waals surface area contributed by atoms with Crippen molar-refractivity contribution < 1.29 is 0 Å². The lowest BCUT2D eigenvalue weighted by Crippen LogP contribution is -2.40. The zero-order valence-electron chi connectivity index (χ0n) is 13.7. The van der Waals surface area contributed by atoms with Gasteiger partial charge in [0.25, 0.3) is 5.56 Å². The van der Waals surface area contributed by atoms with Gasteiger partial charge in [-0.2, -0.15) is 5.10 Å². The van der Waals surface area contributed by atoms with Crippen LogP contribution in [0.3, 0.4) is 0 Å². The molecule has 1 aromatic heterocycles. The Balaban J connectivity index is 1.96. The molecule has 2 rings (SSSR count). The van der Waals surface area contributed by atoms with Gasteiger partial charge in [0.05, 0.1) is 11.9 Å². The molecule has 1 saturated heterocycles. The van der Waals surface area contributed by atoms with Crippen LogP contribution in [0.2, 0.25) is 0 Å². The maximum Gasteiger partial charge on any atom is 0.268 e. The molecule has 1 aliphatic rings. The van der Waals surface area contributed by atoms with E-state index < -0.39 is 0 Å². The molecule has 2 heterocycles. The Morgan fingerprint density at radius 3 is 2.57 bits per heavy atom. The van der Waals surface area contributed by atoms with E-state index in [0.29, 0.717) is 12.5 Å². The predicted octanol–water partition coefficient (Wildman–Crippen LogP) is 1.87. The molecule has 0 amide bonds. The molecule has 1 unspecified atom stereocenters. The van der Waals surface area contributed by atoms with Crippen LogP contribution in [0.1, 0.15) is 40.5 Å². The monoisotopic (exact) mass is 292 g/mol. The second-order valence-corrected chi connectivity index (χ2v) is 7.16. The summed E-state index contributed by atoms with van der Waals surface area (Å²) in [7, 11) is 0. The average molecular weight is 292 g/mol. The smallest absolute Gasteiger partial charge is 0.268 e. The Kier molecular flexibility index (Phi) is 5.04. The zero-order chi connectivity index (χ0) is 15.5. The standard InChI is InChI=1S/C16H28N4O/c1-13(10-17-16(2,3)4)12-20-15(21)9-14(11-18-20)19-7-5-6-8-19/h9,11,13,17H,5-8,10,12H2,1-4H3. The molecule has 0 bridgehead atoms. The van der Waals surface area contributed by atoms with E-state index in [1.54, 1.807) is 10.7 Å². The predicted molar refractivity (Wildman–Crippen MR) is 86.9 cm³/mol. The van der Waals surface area contributed by atoms with Gasteiger partial charge in [-0.1, -0.05) is 6.92 Å². The highest BCUT2D eigenvalue weighted by atomic mass is 16.1. The van der Waals surface area contributed by atoms with Crippen LogP contribution < -0.4 is 15.8 Å². The van der Waals surface area contributed by atoms with E-state index in [2.05, 4.69) is 43.0 Å². The number of rotatable bonds is 5. The van der Waals surface area contributed by atoms with Crippen molar-refractivity contribution in [2.45, 2.75) is 52.6 Å². The van der Waals surface area contributed by atoms with Gasteiger partial charge in [-0.15, -0.1) is 0 Å². The summed E-state index contributed by atoms with van der Waals surface area (Å²) in [4.78, 5) is 14.4. The van der Waals surface area contributed by atoms with Gasteiger partial charge in [-0.3, -0.25) is 4.79 Å². The average Bonchev–Trinajstić information content (AvgIpc) is 2.92. The lowest BCUT2D eigenvalue weighted by Gasteiger charge is -2.23. The summed E-state index contributed by atoms with van der Waals surface area (Å²) in [6.45, 7) is 12.2. The molecule has 1 aliphatic heterocycles. The number of aromatic nitrogens is 2. The summed E-state index contributed by atoms with van der Waals surface area (Å²) in [5.74, 6) is 0.368. The van der Waals surface area contributed by atoms with E-state index in [0.717, 1.165) is 25.3 Å². The number of hydrogen-bond acceptors (Lipinski definition) is 4. The highest BCUT2D eigenvalue weighted by molar-refractivity contribution is 5.43. The van der Waals surface area contributed by atoms with Crippen LogP contribution in [-0.4, -0.2) is 35.0 Å². The Bertz CT molecular complexity index is 512. The van der Waals surface area contributed by atoms with Gasteiger partial charge in [0.2, 0.25) is 0 Å². The molecule has 118 valence electrons. The summed E-state index contributed by atoms with van der Waals surface area (Å²) in [5.41, 5.74) is 1.07. The molecule has 21 heavy (non-hydrogen) atoms. The molecular formula is C16H28N4O. The van der Waals surface area contributed by atoms with Crippen molar-refractivity contribution >= 4 is 5.69 Å². The van der Waals surface area contributed by atoms with Crippen molar-refractivity contribution in [1.29, 1.82) is 0 Å². The largest absolute Gasteiger partial charge is 0.370 e. The van der Waals surface area contributed by atoms with Crippen LogP contribution in [0.5, 0.6) is 0 Å². The molecule has 1 atom stereocenters. The quantitative estimate of drug-likeness (QED) is 0.900. The Morgan fingerprint density at radius 1 is 1.33 bits per heavy atom. The molecule has 0 aliphatic carbocycles. The van der Waals surface area contributed by atoms with Gasteiger partial charge in [0, 0.05) is 31.2 Å². The summed E-state index contributed by atoms with van der Waals surface area (Å²) in [5, 5.41) is 7.81. The first-order valence-electron chi connectivity index (χ1n) is 7.92. The summed E-state index contributed by atoms with van der Waals surface area (Å²) in [6.07, 6.45) is 4.24. The third-order valence-electron chi connectivity index (χ3n) is 3.79.